The zero-order valence-electron chi connectivity index (χ0n) is 11.9. The number of rotatable bonds is 8. The highest BCUT2D eigenvalue weighted by molar-refractivity contribution is 5.18. The number of hydrogen-bond donors (Lipinski definition) is 3. The standard InChI is InChI=1S/C16H25NO3/c18-11-16(13-6-2-1-3-7-13)17-10-14(19)12-20-15-8-4-5-9-15/h1-3,6-7,14-19H,4-5,8-12H2. The van der Waals surface area contributed by atoms with Gasteiger partial charge in [0.2, 0.25) is 0 Å². The summed E-state index contributed by atoms with van der Waals surface area (Å²) in [5, 5.41) is 22.5. The maximum absolute atomic E-state index is 9.93. The normalized spacial score (nSPS) is 19.1. The van der Waals surface area contributed by atoms with E-state index in [9.17, 15) is 10.2 Å². The van der Waals surface area contributed by atoms with Gasteiger partial charge < -0.3 is 20.3 Å². The van der Waals surface area contributed by atoms with Crippen LogP contribution in [0.15, 0.2) is 30.3 Å². The number of nitrogens with one attached hydrogen (secondary N) is 1. The Bertz CT molecular complexity index is 365. The molecule has 1 aliphatic carbocycles. The minimum atomic E-state index is -0.534. The molecule has 0 heterocycles. The lowest BCUT2D eigenvalue weighted by Crippen LogP contribution is -2.35. The van der Waals surface area contributed by atoms with Crippen LogP contribution >= 0.6 is 0 Å². The Kier molecular flexibility index (Phi) is 6.47. The molecule has 1 saturated carbocycles. The number of aliphatic hydroxyl groups excluding tert-OH is 2. The van der Waals surface area contributed by atoms with Crippen molar-refractivity contribution in [1.82, 2.24) is 5.32 Å². The summed E-state index contributed by atoms with van der Waals surface area (Å²) < 4.78 is 5.68. The van der Waals surface area contributed by atoms with Gasteiger partial charge in [0.15, 0.2) is 0 Å². The molecule has 1 aromatic carbocycles. The first-order valence-electron chi connectivity index (χ1n) is 7.48. The summed E-state index contributed by atoms with van der Waals surface area (Å²) in [6, 6.07) is 9.63. The van der Waals surface area contributed by atoms with Crippen LogP contribution in [0.1, 0.15) is 37.3 Å². The molecule has 4 nitrogen and oxygen atoms in total. The Morgan fingerprint density at radius 2 is 1.90 bits per heavy atom. The Hall–Kier alpha value is -0.940. The van der Waals surface area contributed by atoms with Gasteiger partial charge in [-0.2, -0.15) is 0 Å². The van der Waals surface area contributed by atoms with E-state index in [1.54, 1.807) is 0 Å². The summed E-state index contributed by atoms with van der Waals surface area (Å²) in [5.74, 6) is 0. The number of benzene rings is 1. The maximum Gasteiger partial charge on any atom is 0.0898 e. The van der Waals surface area contributed by atoms with Crippen LogP contribution in [0.5, 0.6) is 0 Å². The third kappa shape index (κ3) is 4.87. The minimum absolute atomic E-state index is 0.0141. The molecule has 1 aromatic rings. The minimum Gasteiger partial charge on any atom is -0.394 e. The van der Waals surface area contributed by atoms with Gasteiger partial charge in [0.1, 0.15) is 0 Å². The molecule has 1 aliphatic rings. The van der Waals surface area contributed by atoms with Crippen LogP contribution in [0.2, 0.25) is 0 Å². The number of hydrogen-bond acceptors (Lipinski definition) is 4. The van der Waals surface area contributed by atoms with Crippen molar-refractivity contribution in [3.63, 3.8) is 0 Å². The molecule has 1 fully saturated rings. The fourth-order valence-corrected chi connectivity index (χ4v) is 2.61. The first-order chi connectivity index (χ1) is 9.79. The SMILES string of the molecule is OCC(NCC(O)COC1CCCC1)c1ccccc1. The summed E-state index contributed by atoms with van der Waals surface area (Å²) in [7, 11) is 0. The zero-order chi connectivity index (χ0) is 14.2. The molecular weight excluding hydrogens is 254 g/mol. The van der Waals surface area contributed by atoms with Gasteiger partial charge in [-0.15, -0.1) is 0 Å². The topological polar surface area (TPSA) is 61.7 Å². The zero-order valence-corrected chi connectivity index (χ0v) is 11.9. The van der Waals surface area contributed by atoms with E-state index >= 15 is 0 Å². The van der Waals surface area contributed by atoms with Crippen LogP contribution in [0.25, 0.3) is 0 Å². The monoisotopic (exact) mass is 279 g/mol. The summed E-state index contributed by atoms with van der Waals surface area (Å²) in [5.41, 5.74) is 1.03. The van der Waals surface area contributed by atoms with Gasteiger partial charge in [-0.3, -0.25) is 0 Å². The fourth-order valence-electron chi connectivity index (χ4n) is 2.61. The van der Waals surface area contributed by atoms with Crippen molar-refractivity contribution < 1.29 is 14.9 Å². The molecule has 2 rings (SSSR count). The van der Waals surface area contributed by atoms with Crippen LogP contribution in [0.3, 0.4) is 0 Å². The van der Waals surface area contributed by atoms with Crippen molar-refractivity contribution in [2.45, 2.75) is 43.9 Å². The van der Waals surface area contributed by atoms with E-state index in [0.29, 0.717) is 19.3 Å². The molecule has 0 radical (unpaired) electrons. The predicted molar refractivity (Wildman–Crippen MR) is 78.5 cm³/mol. The Balaban J connectivity index is 1.69. The predicted octanol–water partition coefficient (Wildman–Crippen LogP) is 1.63. The molecule has 20 heavy (non-hydrogen) atoms. The van der Waals surface area contributed by atoms with Crippen molar-refractivity contribution in [3.8, 4) is 0 Å². The molecule has 3 N–H and O–H groups in total. The molecule has 0 bridgehead atoms. The maximum atomic E-state index is 9.93. The molecular formula is C16H25NO3. The molecule has 0 aliphatic heterocycles. The third-order valence-electron chi connectivity index (χ3n) is 3.81. The second-order valence-corrected chi connectivity index (χ2v) is 5.45. The second kappa shape index (κ2) is 8.37. The van der Waals surface area contributed by atoms with Gasteiger partial charge in [0.05, 0.1) is 31.5 Å². The molecule has 0 aromatic heterocycles. The second-order valence-electron chi connectivity index (χ2n) is 5.45. The van der Waals surface area contributed by atoms with E-state index < -0.39 is 6.10 Å². The summed E-state index contributed by atoms with van der Waals surface area (Å²) in [4.78, 5) is 0. The highest BCUT2D eigenvalue weighted by Gasteiger charge is 2.17. The van der Waals surface area contributed by atoms with E-state index in [1.165, 1.54) is 12.8 Å². The van der Waals surface area contributed by atoms with Crippen molar-refractivity contribution >= 4 is 0 Å². The Morgan fingerprint density at radius 1 is 1.20 bits per heavy atom. The quantitative estimate of drug-likeness (QED) is 0.677. The molecule has 0 spiro atoms. The molecule has 2 atom stereocenters. The van der Waals surface area contributed by atoms with Crippen molar-refractivity contribution in [2.24, 2.45) is 0 Å². The summed E-state index contributed by atoms with van der Waals surface area (Å²) >= 11 is 0. The average Bonchev–Trinajstić information content (AvgIpc) is 3.00. The van der Waals surface area contributed by atoms with Gasteiger partial charge in [0, 0.05) is 6.54 Å². The van der Waals surface area contributed by atoms with Crippen LogP contribution in [0.4, 0.5) is 0 Å². The highest BCUT2D eigenvalue weighted by atomic mass is 16.5. The van der Waals surface area contributed by atoms with Gasteiger partial charge in [-0.1, -0.05) is 43.2 Å². The van der Waals surface area contributed by atoms with Gasteiger partial charge >= 0.3 is 0 Å². The van der Waals surface area contributed by atoms with E-state index in [1.807, 2.05) is 30.3 Å². The van der Waals surface area contributed by atoms with Crippen molar-refractivity contribution in [1.29, 1.82) is 0 Å². The van der Waals surface area contributed by atoms with Gasteiger partial charge in [-0.25, -0.2) is 0 Å². The van der Waals surface area contributed by atoms with E-state index in [-0.39, 0.29) is 12.6 Å². The molecule has 0 saturated heterocycles. The lowest BCUT2D eigenvalue weighted by Gasteiger charge is -2.20. The molecule has 112 valence electrons. The lowest BCUT2D eigenvalue weighted by atomic mass is 10.1. The van der Waals surface area contributed by atoms with Crippen LogP contribution in [0, 0.1) is 0 Å². The molecule has 4 heteroatoms. The fraction of sp³-hybridized carbons (Fsp3) is 0.625. The van der Waals surface area contributed by atoms with Crippen molar-refractivity contribution in [2.75, 3.05) is 19.8 Å². The summed E-state index contributed by atoms with van der Waals surface area (Å²) in [6.07, 6.45) is 4.49. The van der Waals surface area contributed by atoms with Crippen LogP contribution in [-0.4, -0.2) is 42.2 Å². The first kappa shape index (κ1) is 15.4. The van der Waals surface area contributed by atoms with E-state index in [2.05, 4.69) is 5.32 Å². The van der Waals surface area contributed by atoms with Gasteiger partial charge in [-0.05, 0) is 18.4 Å². The van der Waals surface area contributed by atoms with E-state index in [4.69, 9.17) is 4.74 Å². The average molecular weight is 279 g/mol. The number of ether oxygens (including phenoxy) is 1. The highest BCUT2D eigenvalue weighted by Crippen LogP contribution is 2.21. The van der Waals surface area contributed by atoms with Crippen LogP contribution in [-0.2, 0) is 4.74 Å². The van der Waals surface area contributed by atoms with E-state index in [0.717, 1.165) is 18.4 Å². The van der Waals surface area contributed by atoms with Crippen LogP contribution < -0.4 is 5.32 Å². The Morgan fingerprint density at radius 3 is 2.55 bits per heavy atom. The van der Waals surface area contributed by atoms with Gasteiger partial charge in [0.25, 0.3) is 0 Å². The smallest absolute Gasteiger partial charge is 0.0898 e. The Labute approximate surface area is 120 Å². The first-order valence-corrected chi connectivity index (χ1v) is 7.48. The third-order valence-corrected chi connectivity index (χ3v) is 3.81. The summed E-state index contributed by atoms with van der Waals surface area (Å²) in [6.45, 7) is 0.803. The molecule has 2 unspecified atom stereocenters. The lowest BCUT2D eigenvalue weighted by molar-refractivity contribution is -0.00683. The van der Waals surface area contributed by atoms with Crippen molar-refractivity contribution in [3.05, 3.63) is 35.9 Å². The number of aliphatic hydroxyl groups is 2. The largest absolute Gasteiger partial charge is 0.394 e. The molecule has 0 amide bonds.